The molecule has 3 atom stereocenters. The zero-order chi connectivity index (χ0) is 22.5. The zero-order valence-corrected chi connectivity index (χ0v) is 19.1. The Labute approximate surface area is 189 Å². The van der Waals surface area contributed by atoms with Gasteiger partial charge in [0, 0.05) is 17.0 Å². The van der Waals surface area contributed by atoms with Crippen molar-refractivity contribution in [3.63, 3.8) is 0 Å². The van der Waals surface area contributed by atoms with Gasteiger partial charge in [-0.3, -0.25) is 4.79 Å². The molecule has 32 heavy (non-hydrogen) atoms. The SMILES string of the molecule is COc1ccc2ccccc2c1C1Nc2c(C(=O)NC(C)(C)C)cccc2C2C=CCC21. The van der Waals surface area contributed by atoms with E-state index in [1.54, 1.807) is 7.11 Å². The van der Waals surface area contributed by atoms with Crippen LogP contribution in [0.2, 0.25) is 0 Å². The molecule has 0 fully saturated rings. The fourth-order valence-corrected chi connectivity index (χ4v) is 5.28. The molecule has 2 N–H and O–H groups in total. The Bertz CT molecular complexity index is 1220. The van der Waals surface area contributed by atoms with Crippen LogP contribution in [0.15, 0.2) is 66.7 Å². The van der Waals surface area contributed by atoms with Crippen molar-refractivity contribution in [1.82, 2.24) is 5.32 Å². The van der Waals surface area contributed by atoms with Gasteiger partial charge in [-0.2, -0.15) is 0 Å². The van der Waals surface area contributed by atoms with Gasteiger partial charge in [0.2, 0.25) is 0 Å². The molecule has 5 rings (SSSR count). The average Bonchev–Trinajstić information content (AvgIpc) is 3.26. The van der Waals surface area contributed by atoms with E-state index in [0.29, 0.717) is 11.5 Å². The van der Waals surface area contributed by atoms with Crippen LogP contribution in [0.3, 0.4) is 0 Å². The molecule has 0 saturated carbocycles. The highest BCUT2D eigenvalue weighted by Gasteiger charge is 2.41. The molecule has 3 unspecified atom stereocenters. The normalized spacial score (nSPS) is 21.6. The summed E-state index contributed by atoms with van der Waals surface area (Å²) < 4.78 is 5.85. The van der Waals surface area contributed by atoms with Gasteiger partial charge >= 0.3 is 0 Å². The number of rotatable bonds is 3. The van der Waals surface area contributed by atoms with Crippen LogP contribution >= 0.6 is 0 Å². The van der Waals surface area contributed by atoms with Gasteiger partial charge in [-0.1, -0.05) is 54.6 Å². The van der Waals surface area contributed by atoms with Crippen LogP contribution in [-0.4, -0.2) is 18.6 Å². The number of methoxy groups -OCH3 is 1. The largest absolute Gasteiger partial charge is 0.496 e. The van der Waals surface area contributed by atoms with Crippen molar-refractivity contribution in [3.05, 3.63) is 83.4 Å². The Kier molecular flexibility index (Phi) is 4.96. The van der Waals surface area contributed by atoms with E-state index in [1.807, 2.05) is 32.9 Å². The molecule has 0 radical (unpaired) electrons. The van der Waals surface area contributed by atoms with E-state index in [2.05, 4.69) is 65.3 Å². The topological polar surface area (TPSA) is 50.4 Å². The number of nitrogens with one attached hydrogen (secondary N) is 2. The highest BCUT2D eigenvalue weighted by molar-refractivity contribution is 6.01. The van der Waals surface area contributed by atoms with Crippen LogP contribution in [0, 0.1) is 5.92 Å². The summed E-state index contributed by atoms with van der Waals surface area (Å²) in [5.74, 6) is 1.46. The lowest BCUT2D eigenvalue weighted by Gasteiger charge is -2.39. The van der Waals surface area contributed by atoms with Gasteiger partial charge in [-0.25, -0.2) is 0 Å². The fraction of sp³-hybridized carbons (Fsp3) is 0.321. The van der Waals surface area contributed by atoms with E-state index < -0.39 is 0 Å². The van der Waals surface area contributed by atoms with E-state index in [4.69, 9.17) is 4.74 Å². The summed E-state index contributed by atoms with van der Waals surface area (Å²) in [6.45, 7) is 6.02. The first-order valence-corrected chi connectivity index (χ1v) is 11.3. The van der Waals surface area contributed by atoms with Crippen LogP contribution in [0.4, 0.5) is 5.69 Å². The molecule has 1 heterocycles. The van der Waals surface area contributed by atoms with Crippen molar-refractivity contribution < 1.29 is 9.53 Å². The predicted molar refractivity (Wildman–Crippen MR) is 131 cm³/mol. The molecule has 4 heteroatoms. The molecule has 1 aliphatic carbocycles. The van der Waals surface area contributed by atoms with Crippen LogP contribution < -0.4 is 15.4 Å². The summed E-state index contributed by atoms with van der Waals surface area (Å²) in [4.78, 5) is 13.2. The van der Waals surface area contributed by atoms with Crippen molar-refractivity contribution in [2.24, 2.45) is 5.92 Å². The molecule has 3 aromatic carbocycles. The highest BCUT2D eigenvalue weighted by atomic mass is 16.5. The summed E-state index contributed by atoms with van der Waals surface area (Å²) >= 11 is 0. The molecule has 0 bridgehead atoms. The van der Waals surface area contributed by atoms with Gasteiger partial charge in [0.15, 0.2) is 0 Å². The second kappa shape index (κ2) is 7.70. The standard InChI is InChI=1S/C28H30N2O2/c1-28(2,3)30-27(31)22-14-8-12-20-19-11-7-13-21(19)26(29-25(20)22)24-18-10-6-5-9-17(18)15-16-23(24)32-4/h5-12,14-16,19,21,26,29H,13H2,1-4H3,(H,30,31). The molecular formula is C28H30N2O2. The lowest BCUT2D eigenvalue weighted by molar-refractivity contribution is 0.0920. The van der Waals surface area contributed by atoms with Crippen molar-refractivity contribution in [2.45, 2.75) is 44.7 Å². The smallest absolute Gasteiger partial charge is 0.253 e. The molecule has 0 spiro atoms. The Morgan fingerprint density at radius 1 is 1.06 bits per heavy atom. The number of amides is 1. The van der Waals surface area contributed by atoms with Gasteiger partial charge in [-0.05, 0) is 61.6 Å². The number of hydrogen-bond donors (Lipinski definition) is 2. The third-order valence-corrected chi connectivity index (χ3v) is 6.59. The average molecular weight is 427 g/mol. The van der Waals surface area contributed by atoms with Crippen molar-refractivity contribution in [2.75, 3.05) is 12.4 Å². The number of ether oxygens (including phenoxy) is 1. The maximum absolute atomic E-state index is 13.2. The molecule has 1 amide bonds. The number of para-hydroxylation sites is 1. The second-order valence-electron chi connectivity index (χ2n) is 9.85. The van der Waals surface area contributed by atoms with Crippen LogP contribution in [-0.2, 0) is 0 Å². The Hall–Kier alpha value is -3.27. The maximum atomic E-state index is 13.2. The van der Waals surface area contributed by atoms with Gasteiger partial charge < -0.3 is 15.4 Å². The summed E-state index contributed by atoms with van der Waals surface area (Å²) in [5.41, 5.74) is 3.69. The Morgan fingerprint density at radius 3 is 2.66 bits per heavy atom. The fourth-order valence-electron chi connectivity index (χ4n) is 5.28. The van der Waals surface area contributed by atoms with E-state index in [0.717, 1.165) is 17.9 Å². The minimum atomic E-state index is -0.303. The Balaban J connectivity index is 1.67. The van der Waals surface area contributed by atoms with E-state index >= 15 is 0 Å². The second-order valence-corrected chi connectivity index (χ2v) is 9.85. The van der Waals surface area contributed by atoms with Crippen LogP contribution in [0.25, 0.3) is 10.8 Å². The van der Waals surface area contributed by atoms with Crippen molar-refractivity contribution in [3.8, 4) is 5.75 Å². The van der Waals surface area contributed by atoms with Gasteiger partial charge in [0.25, 0.3) is 5.91 Å². The third-order valence-electron chi connectivity index (χ3n) is 6.59. The first-order valence-electron chi connectivity index (χ1n) is 11.3. The van der Waals surface area contributed by atoms with Crippen LogP contribution in [0.1, 0.15) is 60.6 Å². The van der Waals surface area contributed by atoms with Crippen LogP contribution in [0.5, 0.6) is 5.75 Å². The zero-order valence-electron chi connectivity index (χ0n) is 19.1. The molecule has 0 saturated heterocycles. The van der Waals surface area contributed by atoms with E-state index in [-0.39, 0.29) is 23.4 Å². The number of benzene rings is 3. The lowest BCUT2D eigenvalue weighted by Crippen LogP contribution is -2.41. The predicted octanol–water partition coefficient (Wildman–Crippen LogP) is 6.20. The molecule has 3 aromatic rings. The highest BCUT2D eigenvalue weighted by Crippen LogP contribution is 2.53. The summed E-state index contributed by atoms with van der Waals surface area (Å²) in [6, 6.07) is 18.7. The molecule has 0 aromatic heterocycles. The number of fused-ring (bicyclic) bond motifs is 4. The third kappa shape index (κ3) is 3.44. The van der Waals surface area contributed by atoms with Gasteiger partial charge in [-0.15, -0.1) is 0 Å². The number of carbonyl (C=O) groups is 1. The number of anilines is 1. The molecule has 1 aliphatic heterocycles. The van der Waals surface area contributed by atoms with Gasteiger partial charge in [0.05, 0.1) is 24.4 Å². The number of carbonyl (C=O) groups excluding carboxylic acids is 1. The first-order chi connectivity index (χ1) is 15.4. The van der Waals surface area contributed by atoms with Gasteiger partial charge in [0.1, 0.15) is 5.75 Å². The summed E-state index contributed by atoms with van der Waals surface area (Å²) in [7, 11) is 1.73. The molecule has 4 nitrogen and oxygen atoms in total. The minimum absolute atomic E-state index is 0.0344. The van der Waals surface area contributed by atoms with E-state index in [1.165, 1.54) is 21.9 Å². The number of hydrogen-bond acceptors (Lipinski definition) is 3. The van der Waals surface area contributed by atoms with Crippen molar-refractivity contribution >= 4 is 22.4 Å². The van der Waals surface area contributed by atoms with Crippen molar-refractivity contribution in [1.29, 1.82) is 0 Å². The number of allylic oxidation sites excluding steroid dienone is 2. The molecule has 2 aliphatic rings. The first kappa shape index (κ1) is 20.6. The molecular weight excluding hydrogens is 396 g/mol. The summed E-state index contributed by atoms with van der Waals surface area (Å²) in [5, 5.41) is 9.32. The Morgan fingerprint density at radius 2 is 1.88 bits per heavy atom. The lowest BCUT2D eigenvalue weighted by atomic mass is 9.75. The monoisotopic (exact) mass is 426 g/mol. The molecule has 164 valence electrons. The quantitative estimate of drug-likeness (QED) is 0.490. The summed E-state index contributed by atoms with van der Waals surface area (Å²) in [6.07, 6.45) is 5.57. The minimum Gasteiger partial charge on any atom is -0.496 e. The maximum Gasteiger partial charge on any atom is 0.253 e. The van der Waals surface area contributed by atoms with E-state index in [9.17, 15) is 4.79 Å².